The van der Waals surface area contributed by atoms with E-state index >= 15 is 0 Å². The molecule has 0 aliphatic heterocycles. The Hall–Kier alpha value is -0.0800. The molecule has 0 aromatic carbocycles. The Labute approximate surface area is 70.8 Å². The fourth-order valence-electron chi connectivity index (χ4n) is 1.20. The van der Waals surface area contributed by atoms with Gasteiger partial charge < -0.3 is 10.6 Å². The molecule has 0 bridgehead atoms. The summed E-state index contributed by atoms with van der Waals surface area (Å²) in [5, 5.41) is 0. The maximum absolute atomic E-state index is 5.40. The smallest absolute Gasteiger partial charge is 0.00190 e. The van der Waals surface area contributed by atoms with E-state index in [2.05, 4.69) is 18.7 Å². The molecule has 0 heterocycles. The van der Waals surface area contributed by atoms with Crippen LogP contribution in [0.1, 0.15) is 33.1 Å². The minimum absolute atomic E-state index is 0.845. The molecule has 0 amide bonds. The molecule has 2 N–H and O–H groups in total. The SMILES string of the molecule is CCN(CC)CCCCCN. The van der Waals surface area contributed by atoms with Crippen LogP contribution in [0, 0.1) is 0 Å². The molecule has 0 aliphatic rings. The quantitative estimate of drug-likeness (QED) is 0.568. The van der Waals surface area contributed by atoms with Crippen molar-refractivity contribution in [2.45, 2.75) is 33.1 Å². The summed E-state index contributed by atoms with van der Waals surface area (Å²) in [4.78, 5) is 2.45. The van der Waals surface area contributed by atoms with Crippen LogP contribution >= 0.6 is 0 Å². The van der Waals surface area contributed by atoms with Gasteiger partial charge in [-0.3, -0.25) is 0 Å². The van der Waals surface area contributed by atoms with Gasteiger partial charge in [0.2, 0.25) is 0 Å². The van der Waals surface area contributed by atoms with E-state index in [1.807, 2.05) is 0 Å². The molecule has 11 heavy (non-hydrogen) atoms. The number of hydrogen-bond acceptors (Lipinski definition) is 2. The van der Waals surface area contributed by atoms with Gasteiger partial charge >= 0.3 is 0 Å². The molecule has 0 aromatic rings. The Bertz CT molecular complexity index is 70.0. The van der Waals surface area contributed by atoms with Crippen molar-refractivity contribution in [3.8, 4) is 0 Å². The summed E-state index contributed by atoms with van der Waals surface area (Å²) < 4.78 is 0. The predicted octanol–water partition coefficient (Wildman–Crippen LogP) is 1.46. The highest BCUT2D eigenvalue weighted by Crippen LogP contribution is 1.96. The molecule has 0 unspecified atom stereocenters. The number of unbranched alkanes of at least 4 members (excludes halogenated alkanes) is 2. The molecule has 0 spiro atoms. The van der Waals surface area contributed by atoms with E-state index in [-0.39, 0.29) is 0 Å². The summed E-state index contributed by atoms with van der Waals surface area (Å²) in [6.45, 7) is 8.88. The highest BCUT2D eigenvalue weighted by molar-refractivity contribution is 4.52. The Morgan fingerprint density at radius 2 is 1.64 bits per heavy atom. The summed E-state index contributed by atoms with van der Waals surface area (Å²) in [6.07, 6.45) is 3.77. The van der Waals surface area contributed by atoms with Gasteiger partial charge in [0.1, 0.15) is 0 Å². The first-order chi connectivity index (χ1) is 5.35. The third kappa shape index (κ3) is 6.32. The standard InChI is InChI=1S/C9H22N2/c1-3-11(4-2)9-7-5-6-8-10/h3-10H2,1-2H3. The molecule has 0 saturated heterocycles. The van der Waals surface area contributed by atoms with Crippen LogP contribution in [-0.4, -0.2) is 31.1 Å². The van der Waals surface area contributed by atoms with E-state index in [0.29, 0.717) is 0 Å². The molecule has 0 fully saturated rings. The minimum atomic E-state index is 0.845. The van der Waals surface area contributed by atoms with Gasteiger partial charge in [-0.15, -0.1) is 0 Å². The Morgan fingerprint density at radius 3 is 2.09 bits per heavy atom. The average Bonchev–Trinajstić information content (AvgIpc) is 2.05. The maximum atomic E-state index is 5.40. The number of rotatable bonds is 7. The van der Waals surface area contributed by atoms with Crippen LogP contribution in [0.3, 0.4) is 0 Å². The Morgan fingerprint density at radius 1 is 1.00 bits per heavy atom. The zero-order valence-corrected chi connectivity index (χ0v) is 7.97. The van der Waals surface area contributed by atoms with Gasteiger partial charge in [0.15, 0.2) is 0 Å². The third-order valence-corrected chi connectivity index (χ3v) is 2.07. The molecule has 0 atom stereocenters. The molecule has 2 nitrogen and oxygen atoms in total. The van der Waals surface area contributed by atoms with Crippen LogP contribution < -0.4 is 5.73 Å². The summed E-state index contributed by atoms with van der Waals surface area (Å²) in [7, 11) is 0. The van der Waals surface area contributed by atoms with Crippen molar-refractivity contribution >= 4 is 0 Å². The lowest BCUT2D eigenvalue weighted by atomic mass is 10.2. The van der Waals surface area contributed by atoms with Gasteiger partial charge in [-0.25, -0.2) is 0 Å². The zero-order valence-electron chi connectivity index (χ0n) is 7.97. The van der Waals surface area contributed by atoms with Gasteiger partial charge in [-0.05, 0) is 39.0 Å². The molecular weight excluding hydrogens is 136 g/mol. The third-order valence-electron chi connectivity index (χ3n) is 2.07. The summed E-state index contributed by atoms with van der Waals surface area (Å²) in [6, 6.07) is 0. The van der Waals surface area contributed by atoms with Crippen molar-refractivity contribution in [2.75, 3.05) is 26.2 Å². The molecule has 0 saturated carbocycles. The summed E-state index contributed by atoms with van der Waals surface area (Å²) >= 11 is 0. The average molecular weight is 158 g/mol. The lowest BCUT2D eigenvalue weighted by molar-refractivity contribution is 0.296. The van der Waals surface area contributed by atoms with Gasteiger partial charge in [-0.2, -0.15) is 0 Å². The van der Waals surface area contributed by atoms with Crippen LogP contribution in [0.15, 0.2) is 0 Å². The van der Waals surface area contributed by atoms with Gasteiger partial charge in [0.05, 0.1) is 0 Å². The minimum Gasteiger partial charge on any atom is -0.330 e. The second-order valence-corrected chi connectivity index (χ2v) is 2.88. The highest BCUT2D eigenvalue weighted by atomic mass is 15.1. The molecule has 0 aromatic heterocycles. The second kappa shape index (κ2) is 8.02. The topological polar surface area (TPSA) is 29.3 Å². The van der Waals surface area contributed by atoms with Gasteiger partial charge in [0, 0.05) is 0 Å². The molecular formula is C9H22N2. The van der Waals surface area contributed by atoms with E-state index in [1.165, 1.54) is 38.9 Å². The first-order valence-electron chi connectivity index (χ1n) is 4.77. The van der Waals surface area contributed by atoms with Gasteiger partial charge in [0.25, 0.3) is 0 Å². The first kappa shape index (κ1) is 10.9. The van der Waals surface area contributed by atoms with E-state index in [1.54, 1.807) is 0 Å². The monoisotopic (exact) mass is 158 g/mol. The van der Waals surface area contributed by atoms with Crippen molar-refractivity contribution in [1.82, 2.24) is 4.90 Å². The van der Waals surface area contributed by atoms with Crippen LogP contribution in [0.2, 0.25) is 0 Å². The normalized spacial score (nSPS) is 10.9. The van der Waals surface area contributed by atoms with Crippen LogP contribution in [0.4, 0.5) is 0 Å². The van der Waals surface area contributed by atoms with E-state index in [4.69, 9.17) is 5.73 Å². The first-order valence-corrected chi connectivity index (χ1v) is 4.77. The molecule has 0 radical (unpaired) electrons. The second-order valence-electron chi connectivity index (χ2n) is 2.88. The van der Waals surface area contributed by atoms with Crippen molar-refractivity contribution in [3.05, 3.63) is 0 Å². The number of hydrogen-bond donors (Lipinski definition) is 1. The number of nitrogens with zero attached hydrogens (tertiary/aromatic N) is 1. The Kier molecular flexibility index (Phi) is 7.96. The summed E-state index contributed by atoms with van der Waals surface area (Å²) in [5.74, 6) is 0. The molecule has 2 heteroatoms. The fraction of sp³-hybridized carbons (Fsp3) is 1.00. The van der Waals surface area contributed by atoms with Gasteiger partial charge in [-0.1, -0.05) is 20.3 Å². The largest absolute Gasteiger partial charge is 0.330 e. The van der Waals surface area contributed by atoms with E-state index in [9.17, 15) is 0 Å². The number of nitrogens with two attached hydrogens (primary N) is 1. The lowest BCUT2D eigenvalue weighted by Gasteiger charge is -2.17. The molecule has 0 aliphatic carbocycles. The lowest BCUT2D eigenvalue weighted by Crippen LogP contribution is -2.23. The van der Waals surface area contributed by atoms with Crippen LogP contribution in [-0.2, 0) is 0 Å². The van der Waals surface area contributed by atoms with Crippen molar-refractivity contribution in [1.29, 1.82) is 0 Å². The van der Waals surface area contributed by atoms with Crippen molar-refractivity contribution in [2.24, 2.45) is 5.73 Å². The fourth-order valence-corrected chi connectivity index (χ4v) is 1.20. The molecule has 0 rings (SSSR count). The van der Waals surface area contributed by atoms with E-state index < -0.39 is 0 Å². The van der Waals surface area contributed by atoms with Crippen molar-refractivity contribution < 1.29 is 0 Å². The van der Waals surface area contributed by atoms with Crippen LogP contribution in [0.25, 0.3) is 0 Å². The predicted molar refractivity (Wildman–Crippen MR) is 50.7 cm³/mol. The van der Waals surface area contributed by atoms with E-state index in [0.717, 1.165) is 6.54 Å². The molecule has 68 valence electrons. The van der Waals surface area contributed by atoms with Crippen molar-refractivity contribution in [3.63, 3.8) is 0 Å². The zero-order chi connectivity index (χ0) is 8.53. The summed E-state index contributed by atoms with van der Waals surface area (Å²) in [5.41, 5.74) is 5.40. The maximum Gasteiger partial charge on any atom is -0.00190 e. The Balaban J connectivity index is 3.07. The highest BCUT2D eigenvalue weighted by Gasteiger charge is 1.96. The van der Waals surface area contributed by atoms with Crippen LogP contribution in [0.5, 0.6) is 0 Å².